The molecule has 1 aliphatic carbocycles. The number of carbonyl (C=O) groups excluding carboxylic acids is 1. The van der Waals surface area contributed by atoms with Crippen LogP contribution in [0.4, 0.5) is 11.4 Å². The molecule has 5 nitrogen and oxygen atoms in total. The Hall–Kier alpha value is -3.61. The van der Waals surface area contributed by atoms with Crippen LogP contribution < -0.4 is 9.62 Å². The molecule has 7 heteroatoms. The molecule has 0 saturated carbocycles. The highest BCUT2D eigenvalue weighted by Crippen LogP contribution is 2.38. The summed E-state index contributed by atoms with van der Waals surface area (Å²) in [7, 11) is -4.01. The van der Waals surface area contributed by atoms with Crippen molar-refractivity contribution in [2.75, 3.05) is 16.2 Å². The number of benzene rings is 4. The van der Waals surface area contributed by atoms with E-state index in [1.54, 1.807) is 30.3 Å². The number of aryl methyl sites for hydroxylation is 1. The Kier molecular flexibility index (Phi) is 6.09. The van der Waals surface area contributed by atoms with Crippen LogP contribution in [-0.2, 0) is 21.2 Å². The van der Waals surface area contributed by atoms with Gasteiger partial charge in [0.2, 0.25) is 5.91 Å². The molecule has 0 heterocycles. The number of hydrogen-bond donors (Lipinski definition) is 1. The van der Waals surface area contributed by atoms with Gasteiger partial charge < -0.3 is 5.32 Å². The molecule has 35 heavy (non-hydrogen) atoms. The molecule has 0 aliphatic heterocycles. The van der Waals surface area contributed by atoms with Gasteiger partial charge in [0.05, 0.1) is 10.6 Å². The molecule has 0 radical (unpaired) electrons. The number of rotatable bonds is 6. The van der Waals surface area contributed by atoms with Crippen LogP contribution in [0.25, 0.3) is 11.1 Å². The number of anilines is 2. The summed E-state index contributed by atoms with van der Waals surface area (Å²) in [6.45, 7) is 1.48. The summed E-state index contributed by atoms with van der Waals surface area (Å²) in [6, 6.07) is 27.0. The number of nitrogens with one attached hydrogen (secondary N) is 1. The summed E-state index contributed by atoms with van der Waals surface area (Å²) in [6.07, 6.45) is 0.858. The van der Waals surface area contributed by atoms with Gasteiger partial charge >= 0.3 is 0 Å². The minimum atomic E-state index is -4.01. The summed E-state index contributed by atoms with van der Waals surface area (Å²) < 4.78 is 28.2. The summed E-state index contributed by atoms with van der Waals surface area (Å²) in [4.78, 5) is 13.2. The van der Waals surface area contributed by atoms with Crippen molar-refractivity contribution in [2.24, 2.45) is 0 Å². The fourth-order valence-corrected chi connectivity index (χ4v) is 5.91. The second-order valence-electron chi connectivity index (χ2n) is 8.56. The zero-order chi connectivity index (χ0) is 24.6. The van der Waals surface area contributed by atoms with Gasteiger partial charge in [0.25, 0.3) is 10.0 Å². The van der Waals surface area contributed by atoms with Crippen LogP contribution in [0.2, 0.25) is 5.02 Å². The summed E-state index contributed by atoms with van der Waals surface area (Å²) in [5, 5.41) is 3.25. The fraction of sp³-hybridized carbons (Fsp3) is 0.107. The number of nitrogens with zero attached hydrogens (tertiary/aromatic N) is 1. The fourth-order valence-electron chi connectivity index (χ4n) is 4.32. The molecule has 0 fully saturated rings. The molecule has 4 aromatic carbocycles. The molecule has 176 valence electrons. The average Bonchev–Trinajstić information content (AvgIpc) is 3.21. The van der Waals surface area contributed by atoms with Crippen molar-refractivity contribution in [3.05, 3.63) is 113 Å². The molecular formula is C28H23ClN2O3S. The molecule has 0 unspecified atom stereocenters. The van der Waals surface area contributed by atoms with Crippen LogP contribution in [0, 0.1) is 6.92 Å². The number of sulfonamides is 1. The third-order valence-electron chi connectivity index (χ3n) is 6.07. The van der Waals surface area contributed by atoms with E-state index in [0.717, 1.165) is 27.4 Å². The molecule has 1 amide bonds. The standard InChI is InChI=1S/C28H23ClN2O3S/c1-19-9-13-25(14-10-19)35(33,34)31(24-7-4-6-22(29)16-24)18-28(32)30-23-12-11-21-15-20-5-2-3-8-26(20)27(21)17-23/h2-14,16-17H,15,18H2,1H3,(H,30,32). The lowest BCUT2D eigenvalue weighted by molar-refractivity contribution is -0.114. The first-order chi connectivity index (χ1) is 16.8. The minimum absolute atomic E-state index is 0.102. The number of amides is 1. The Balaban J connectivity index is 1.44. The molecule has 5 rings (SSSR count). The van der Waals surface area contributed by atoms with Crippen molar-refractivity contribution in [1.82, 2.24) is 0 Å². The van der Waals surface area contributed by atoms with Crippen LogP contribution in [0.1, 0.15) is 16.7 Å². The monoisotopic (exact) mass is 502 g/mol. The first-order valence-electron chi connectivity index (χ1n) is 11.2. The maximum absolute atomic E-state index is 13.5. The van der Waals surface area contributed by atoms with Crippen molar-refractivity contribution < 1.29 is 13.2 Å². The average molecular weight is 503 g/mol. The Morgan fingerprint density at radius 1 is 0.886 bits per heavy atom. The normalized spacial score (nSPS) is 12.1. The number of halogens is 1. The van der Waals surface area contributed by atoms with Crippen LogP contribution in [0.15, 0.2) is 95.9 Å². The van der Waals surface area contributed by atoms with Crippen molar-refractivity contribution in [3.8, 4) is 11.1 Å². The van der Waals surface area contributed by atoms with E-state index in [9.17, 15) is 13.2 Å². The smallest absolute Gasteiger partial charge is 0.264 e. The second kappa shape index (κ2) is 9.21. The molecule has 0 saturated heterocycles. The van der Waals surface area contributed by atoms with Gasteiger partial charge in [-0.2, -0.15) is 0 Å². The largest absolute Gasteiger partial charge is 0.324 e. The molecular weight excluding hydrogens is 480 g/mol. The van der Waals surface area contributed by atoms with Gasteiger partial charge in [-0.15, -0.1) is 0 Å². The zero-order valence-corrected chi connectivity index (χ0v) is 20.6. The highest BCUT2D eigenvalue weighted by atomic mass is 35.5. The predicted octanol–water partition coefficient (Wildman–Crippen LogP) is 6.05. The summed E-state index contributed by atoms with van der Waals surface area (Å²) >= 11 is 6.15. The van der Waals surface area contributed by atoms with Crippen LogP contribution in [0.5, 0.6) is 0 Å². The lowest BCUT2D eigenvalue weighted by atomic mass is 10.1. The van der Waals surface area contributed by atoms with E-state index < -0.39 is 22.5 Å². The van der Waals surface area contributed by atoms with E-state index in [1.165, 1.54) is 29.3 Å². The SMILES string of the molecule is Cc1ccc(S(=O)(=O)N(CC(=O)Nc2ccc3c(c2)-c2ccccc2C3)c2cccc(Cl)c2)cc1. The van der Waals surface area contributed by atoms with Gasteiger partial charge in [0, 0.05) is 10.7 Å². The van der Waals surface area contributed by atoms with Gasteiger partial charge in [-0.3, -0.25) is 9.10 Å². The van der Waals surface area contributed by atoms with Crippen LogP contribution >= 0.6 is 11.6 Å². The maximum Gasteiger partial charge on any atom is 0.264 e. The van der Waals surface area contributed by atoms with Crippen LogP contribution in [0.3, 0.4) is 0 Å². The van der Waals surface area contributed by atoms with E-state index in [2.05, 4.69) is 17.4 Å². The molecule has 0 aromatic heterocycles. The molecule has 1 aliphatic rings. The third-order valence-corrected chi connectivity index (χ3v) is 8.10. The van der Waals surface area contributed by atoms with Crippen molar-refractivity contribution in [2.45, 2.75) is 18.2 Å². The van der Waals surface area contributed by atoms with E-state index in [1.807, 2.05) is 37.3 Å². The van der Waals surface area contributed by atoms with E-state index in [4.69, 9.17) is 11.6 Å². The van der Waals surface area contributed by atoms with Gasteiger partial charge in [-0.25, -0.2) is 8.42 Å². The predicted molar refractivity (Wildman–Crippen MR) is 140 cm³/mol. The first kappa shape index (κ1) is 23.1. The number of fused-ring (bicyclic) bond motifs is 3. The molecule has 0 atom stereocenters. The lowest BCUT2D eigenvalue weighted by Gasteiger charge is -2.24. The Labute approximate surface area is 210 Å². The number of carbonyl (C=O) groups is 1. The Bertz CT molecular complexity index is 1530. The third kappa shape index (κ3) is 4.67. The molecule has 0 spiro atoms. The molecule has 0 bridgehead atoms. The van der Waals surface area contributed by atoms with E-state index >= 15 is 0 Å². The second-order valence-corrected chi connectivity index (χ2v) is 10.9. The Morgan fingerprint density at radius 3 is 2.40 bits per heavy atom. The lowest BCUT2D eigenvalue weighted by Crippen LogP contribution is -2.38. The van der Waals surface area contributed by atoms with Gasteiger partial charge in [-0.1, -0.05) is 65.7 Å². The topological polar surface area (TPSA) is 66.5 Å². The Morgan fingerprint density at radius 2 is 1.63 bits per heavy atom. The molecule has 1 N–H and O–H groups in total. The van der Waals surface area contributed by atoms with Crippen LogP contribution in [-0.4, -0.2) is 20.9 Å². The van der Waals surface area contributed by atoms with Crippen molar-refractivity contribution in [1.29, 1.82) is 0 Å². The van der Waals surface area contributed by atoms with Crippen molar-refractivity contribution >= 4 is 38.9 Å². The van der Waals surface area contributed by atoms with E-state index in [-0.39, 0.29) is 4.90 Å². The highest BCUT2D eigenvalue weighted by Gasteiger charge is 2.28. The van der Waals surface area contributed by atoms with Gasteiger partial charge in [0.15, 0.2) is 0 Å². The first-order valence-corrected chi connectivity index (χ1v) is 13.0. The van der Waals surface area contributed by atoms with Gasteiger partial charge in [0.1, 0.15) is 6.54 Å². The van der Waals surface area contributed by atoms with Crippen molar-refractivity contribution in [3.63, 3.8) is 0 Å². The quantitative estimate of drug-likeness (QED) is 0.307. The highest BCUT2D eigenvalue weighted by molar-refractivity contribution is 7.92. The van der Waals surface area contributed by atoms with E-state index in [0.29, 0.717) is 16.4 Å². The molecule has 4 aromatic rings. The van der Waals surface area contributed by atoms with Gasteiger partial charge in [-0.05, 0) is 78.1 Å². The zero-order valence-electron chi connectivity index (χ0n) is 19.0. The number of hydrogen-bond acceptors (Lipinski definition) is 3. The minimum Gasteiger partial charge on any atom is -0.324 e. The maximum atomic E-state index is 13.5. The summed E-state index contributed by atoms with van der Waals surface area (Å²) in [5.74, 6) is -0.452. The summed E-state index contributed by atoms with van der Waals surface area (Å²) in [5.41, 5.74) is 6.56.